The van der Waals surface area contributed by atoms with Crippen LogP contribution in [-0.4, -0.2) is 35.1 Å². The standard InChI is InChI=1S/C29H23Cl2N3O3/c1-15-13-16(30)14-19-24(15)33-27(37)29(19)28(18-8-3-5-10-21(18)32-26(28)36)23(22-11-6-12-34(22)29)25(35)17-7-2-4-9-20(17)31/h2-5,7-10,13-14,22-23H,6,11-12H2,1H3,(H,32,36)(H,33,37)/t22-,23-,28+,29+/m0/s1. The van der Waals surface area contributed by atoms with Crippen molar-refractivity contribution in [3.8, 4) is 0 Å². The second kappa shape index (κ2) is 7.67. The first kappa shape index (κ1) is 23.0. The lowest BCUT2D eigenvalue weighted by Gasteiger charge is -2.43. The number of rotatable bonds is 2. The summed E-state index contributed by atoms with van der Waals surface area (Å²) in [4.78, 5) is 45.6. The third-order valence-electron chi connectivity index (χ3n) is 8.79. The Bertz CT molecular complexity index is 1560. The fourth-order valence-electron chi connectivity index (χ4n) is 7.64. The Balaban J connectivity index is 1.62. The van der Waals surface area contributed by atoms with E-state index in [1.54, 1.807) is 36.4 Å². The number of para-hydroxylation sites is 1. The number of benzene rings is 3. The number of aryl methyl sites for hydroxylation is 1. The molecule has 7 rings (SSSR count). The lowest BCUT2D eigenvalue weighted by Crippen LogP contribution is -2.62. The number of carbonyl (C=O) groups is 3. The number of anilines is 2. The molecule has 6 nitrogen and oxygen atoms in total. The number of carbonyl (C=O) groups excluding carboxylic acids is 3. The molecule has 2 spiro atoms. The first-order chi connectivity index (χ1) is 17.8. The van der Waals surface area contributed by atoms with Crippen LogP contribution < -0.4 is 10.6 Å². The number of Topliss-reactive ketones (excluding diaryl/α,β-unsaturated/α-hetero) is 1. The van der Waals surface area contributed by atoms with Crippen LogP contribution in [0, 0.1) is 12.8 Å². The average molecular weight is 532 g/mol. The molecule has 2 N–H and O–H groups in total. The summed E-state index contributed by atoms with van der Waals surface area (Å²) in [7, 11) is 0. The first-order valence-electron chi connectivity index (χ1n) is 12.4. The molecule has 8 heteroatoms. The van der Waals surface area contributed by atoms with Crippen molar-refractivity contribution in [2.45, 2.75) is 36.8 Å². The Morgan fingerprint density at radius 3 is 2.54 bits per heavy atom. The summed E-state index contributed by atoms with van der Waals surface area (Å²) in [5.74, 6) is -1.73. The van der Waals surface area contributed by atoms with Crippen LogP contribution in [0.15, 0.2) is 60.7 Å². The summed E-state index contributed by atoms with van der Waals surface area (Å²) < 4.78 is 0. The van der Waals surface area contributed by atoms with Crippen molar-refractivity contribution in [3.05, 3.63) is 93.0 Å². The Kier molecular flexibility index (Phi) is 4.76. The van der Waals surface area contributed by atoms with Crippen LogP contribution in [0.3, 0.4) is 0 Å². The van der Waals surface area contributed by atoms with Gasteiger partial charge in [0.2, 0.25) is 5.91 Å². The van der Waals surface area contributed by atoms with Gasteiger partial charge in [-0.3, -0.25) is 19.3 Å². The van der Waals surface area contributed by atoms with Gasteiger partial charge in [0.25, 0.3) is 5.91 Å². The average Bonchev–Trinajstić information content (AvgIpc) is 3.58. The van der Waals surface area contributed by atoms with Crippen LogP contribution in [0.5, 0.6) is 0 Å². The molecule has 0 radical (unpaired) electrons. The molecule has 2 saturated heterocycles. The number of amides is 2. The highest BCUT2D eigenvalue weighted by molar-refractivity contribution is 6.34. The molecule has 3 aromatic carbocycles. The van der Waals surface area contributed by atoms with Crippen molar-refractivity contribution in [2.75, 3.05) is 17.2 Å². The lowest BCUT2D eigenvalue weighted by atomic mass is 9.57. The topological polar surface area (TPSA) is 78.5 Å². The van der Waals surface area contributed by atoms with E-state index in [2.05, 4.69) is 15.5 Å². The van der Waals surface area contributed by atoms with Gasteiger partial charge < -0.3 is 10.6 Å². The minimum absolute atomic E-state index is 0.230. The smallest absolute Gasteiger partial charge is 0.251 e. The number of hydrogen-bond donors (Lipinski definition) is 2. The molecule has 0 saturated carbocycles. The zero-order chi connectivity index (χ0) is 25.7. The molecule has 0 aromatic heterocycles. The van der Waals surface area contributed by atoms with Gasteiger partial charge >= 0.3 is 0 Å². The molecule has 2 fully saturated rings. The number of nitrogens with one attached hydrogen (secondary N) is 2. The van der Waals surface area contributed by atoms with Gasteiger partial charge in [0.1, 0.15) is 11.0 Å². The van der Waals surface area contributed by atoms with E-state index in [0.717, 1.165) is 12.0 Å². The Morgan fingerprint density at radius 1 is 0.973 bits per heavy atom. The predicted molar refractivity (Wildman–Crippen MR) is 142 cm³/mol. The summed E-state index contributed by atoms with van der Waals surface area (Å²) in [6.07, 6.45) is 1.49. The van der Waals surface area contributed by atoms with E-state index < -0.39 is 16.9 Å². The number of ketones is 1. The van der Waals surface area contributed by atoms with E-state index in [1.807, 2.05) is 31.2 Å². The Hall–Kier alpha value is -3.19. The molecule has 4 atom stereocenters. The first-order valence-corrected chi connectivity index (χ1v) is 13.2. The molecule has 4 heterocycles. The van der Waals surface area contributed by atoms with E-state index in [0.29, 0.717) is 51.1 Å². The minimum Gasteiger partial charge on any atom is -0.325 e. The fourth-order valence-corrected chi connectivity index (χ4v) is 8.14. The highest BCUT2D eigenvalue weighted by Gasteiger charge is 2.81. The third kappa shape index (κ3) is 2.58. The summed E-state index contributed by atoms with van der Waals surface area (Å²) in [6, 6.07) is 17.6. The van der Waals surface area contributed by atoms with Gasteiger partial charge in [-0.25, -0.2) is 0 Å². The van der Waals surface area contributed by atoms with Crippen LogP contribution in [0.1, 0.15) is 39.9 Å². The van der Waals surface area contributed by atoms with Crippen molar-refractivity contribution >= 4 is 52.2 Å². The van der Waals surface area contributed by atoms with Gasteiger partial charge in [0.05, 0.1) is 10.9 Å². The molecule has 0 aliphatic carbocycles. The van der Waals surface area contributed by atoms with E-state index >= 15 is 0 Å². The molecule has 4 aliphatic heterocycles. The highest BCUT2D eigenvalue weighted by Crippen LogP contribution is 2.68. The SMILES string of the molecule is Cc1cc(Cl)cc2c1NC(=O)[C@]21N2CCC[C@H]2[C@@H](C(=O)c2ccccc2Cl)[C@]12C(=O)Nc1ccccc12. The van der Waals surface area contributed by atoms with E-state index in [1.165, 1.54) is 0 Å². The predicted octanol–water partition coefficient (Wildman–Crippen LogP) is 5.32. The lowest BCUT2D eigenvalue weighted by molar-refractivity contribution is -0.137. The van der Waals surface area contributed by atoms with Crippen molar-refractivity contribution in [1.82, 2.24) is 4.90 Å². The molecule has 0 bridgehead atoms. The third-order valence-corrected chi connectivity index (χ3v) is 9.34. The van der Waals surface area contributed by atoms with E-state index in [-0.39, 0.29) is 23.6 Å². The molecule has 2 amide bonds. The van der Waals surface area contributed by atoms with Crippen LogP contribution >= 0.6 is 23.2 Å². The minimum atomic E-state index is -1.52. The van der Waals surface area contributed by atoms with Crippen LogP contribution in [0.2, 0.25) is 10.0 Å². The van der Waals surface area contributed by atoms with Gasteiger partial charge in [-0.1, -0.05) is 53.5 Å². The molecular weight excluding hydrogens is 509 g/mol. The maximum absolute atomic E-state index is 14.6. The number of halogens is 2. The number of fused-ring (bicyclic) bond motifs is 7. The van der Waals surface area contributed by atoms with Gasteiger partial charge in [-0.15, -0.1) is 0 Å². The van der Waals surface area contributed by atoms with Gasteiger partial charge in [0.15, 0.2) is 5.78 Å². The fraction of sp³-hybridized carbons (Fsp3) is 0.276. The van der Waals surface area contributed by atoms with Gasteiger partial charge in [-0.2, -0.15) is 0 Å². The molecule has 3 aromatic rings. The van der Waals surface area contributed by atoms with Crippen LogP contribution in [0.4, 0.5) is 11.4 Å². The Labute approximate surface area is 223 Å². The summed E-state index contributed by atoms with van der Waals surface area (Å²) in [5, 5.41) is 6.94. The summed E-state index contributed by atoms with van der Waals surface area (Å²) in [5.41, 5.74) is 0.778. The van der Waals surface area contributed by atoms with Gasteiger partial charge in [0, 0.05) is 33.6 Å². The quantitative estimate of drug-likeness (QED) is 0.439. The van der Waals surface area contributed by atoms with Crippen molar-refractivity contribution < 1.29 is 14.4 Å². The van der Waals surface area contributed by atoms with E-state index in [4.69, 9.17) is 23.2 Å². The number of hydrogen-bond acceptors (Lipinski definition) is 4. The normalized spacial score (nSPS) is 29.4. The summed E-state index contributed by atoms with van der Waals surface area (Å²) in [6.45, 7) is 2.47. The molecule has 4 aliphatic rings. The Morgan fingerprint density at radius 2 is 1.73 bits per heavy atom. The maximum Gasteiger partial charge on any atom is 0.251 e. The monoisotopic (exact) mass is 531 g/mol. The zero-order valence-corrected chi connectivity index (χ0v) is 21.5. The van der Waals surface area contributed by atoms with Crippen LogP contribution in [-0.2, 0) is 20.5 Å². The van der Waals surface area contributed by atoms with Crippen LogP contribution in [0.25, 0.3) is 0 Å². The van der Waals surface area contributed by atoms with Crippen molar-refractivity contribution in [1.29, 1.82) is 0 Å². The van der Waals surface area contributed by atoms with Crippen molar-refractivity contribution in [3.63, 3.8) is 0 Å². The summed E-state index contributed by atoms with van der Waals surface area (Å²) >= 11 is 13.1. The van der Waals surface area contributed by atoms with Crippen molar-refractivity contribution in [2.24, 2.45) is 5.92 Å². The largest absolute Gasteiger partial charge is 0.325 e. The second-order valence-corrected chi connectivity index (χ2v) is 11.2. The van der Waals surface area contributed by atoms with Gasteiger partial charge in [-0.05, 0) is 67.8 Å². The number of nitrogens with zero attached hydrogens (tertiary/aromatic N) is 1. The maximum atomic E-state index is 14.6. The highest BCUT2D eigenvalue weighted by atomic mass is 35.5. The van der Waals surface area contributed by atoms with E-state index in [9.17, 15) is 14.4 Å². The molecule has 186 valence electrons. The molecular formula is C29H23Cl2N3O3. The zero-order valence-electron chi connectivity index (χ0n) is 20.0. The second-order valence-electron chi connectivity index (χ2n) is 10.3. The molecule has 37 heavy (non-hydrogen) atoms. The molecule has 0 unspecified atom stereocenters.